The molecule has 6 nitrogen and oxygen atoms in total. The van der Waals surface area contributed by atoms with Crippen LogP contribution in [-0.2, 0) is 16.6 Å². The molecule has 150 valence electrons. The molecule has 0 spiro atoms. The van der Waals surface area contributed by atoms with Gasteiger partial charge in [0.25, 0.3) is 15.9 Å². The molecule has 0 radical (unpaired) electrons. The lowest BCUT2D eigenvalue weighted by Crippen LogP contribution is -2.25. The number of pyridine rings is 1. The SMILES string of the molecule is Cc1cccc(NS(=O)(=O)c2ccc(C)c(C(=O)NCc3ncccc3C)c2)c1. The molecule has 0 fully saturated rings. The van der Waals surface area contributed by atoms with E-state index in [1.807, 2.05) is 32.0 Å². The van der Waals surface area contributed by atoms with E-state index in [1.165, 1.54) is 12.1 Å². The van der Waals surface area contributed by atoms with Crippen molar-refractivity contribution < 1.29 is 13.2 Å². The molecule has 0 aliphatic carbocycles. The lowest BCUT2D eigenvalue weighted by atomic mass is 10.1. The number of amides is 1. The van der Waals surface area contributed by atoms with Crippen molar-refractivity contribution in [3.05, 3.63) is 88.7 Å². The zero-order valence-corrected chi connectivity index (χ0v) is 17.4. The van der Waals surface area contributed by atoms with Crippen LogP contribution in [0.4, 0.5) is 5.69 Å². The number of rotatable bonds is 6. The molecule has 0 bridgehead atoms. The summed E-state index contributed by atoms with van der Waals surface area (Å²) in [6, 6.07) is 15.4. The maximum Gasteiger partial charge on any atom is 0.261 e. The third kappa shape index (κ3) is 5.00. The topological polar surface area (TPSA) is 88.2 Å². The summed E-state index contributed by atoms with van der Waals surface area (Å²) in [5, 5.41) is 2.82. The Labute approximate surface area is 171 Å². The molecule has 2 aromatic carbocycles. The number of carbonyl (C=O) groups excluding carboxylic acids is 1. The van der Waals surface area contributed by atoms with Crippen LogP contribution in [0.3, 0.4) is 0 Å². The summed E-state index contributed by atoms with van der Waals surface area (Å²) in [4.78, 5) is 17.0. The number of sulfonamides is 1. The summed E-state index contributed by atoms with van der Waals surface area (Å²) < 4.78 is 28.1. The average molecular weight is 410 g/mol. The number of nitrogens with zero attached hydrogens (tertiary/aromatic N) is 1. The van der Waals surface area contributed by atoms with Crippen molar-refractivity contribution in [3.63, 3.8) is 0 Å². The summed E-state index contributed by atoms with van der Waals surface area (Å²) in [7, 11) is -3.82. The lowest BCUT2D eigenvalue weighted by molar-refractivity contribution is 0.0949. The second-order valence-electron chi connectivity index (χ2n) is 6.90. The molecular formula is C22H23N3O3S. The largest absolute Gasteiger partial charge is 0.346 e. The van der Waals surface area contributed by atoms with Gasteiger partial charge in [0, 0.05) is 17.4 Å². The second-order valence-corrected chi connectivity index (χ2v) is 8.58. The Hall–Kier alpha value is -3.19. The van der Waals surface area contributed by atoms with Crippen LogP contribution >= 0.6 is 0 Å². The maximum absolute atomic E-state index is 12.8. The van der Waals surface area contributed by atoms with Crippen molar-refractivity contribution in [2.75, 3.05) is 4.72 Å². The Balaban J connectivity index is 1.81. The third-order valence-corrected chi connectivity index (χ3v) is 5.95. The first kappa shape index (κ1) is 20.5. The highest BCUT2D eigenvalue weighted by Crippen LogP contribution is 2.20. The Morgan fingerprint density at radius 1 is 0.966 bits per heavy atom. The standard InChI is InChI=1S/C22H23N3O3S/c1-15-6-4-8-18(12-15)25-29(27,28)19-10-9-16(2)20(13-19)22(26)24-14-21-17(3)7-5-11-23-21/h4-13,25H,14H2,1-3H3,(H,24,26). The van der Waals surface area contributed by atoms with Crippen LogP contribution in [0.2, 0.25) is 0 Å². The van der Waals surface area contributed by atoms with Gasteiger partial charge in [-0.3, -0.25) is 14.5 Å². The van der Waals surface area contributed by atoms with E-state index < -0.39 is 10.0 Å². The summed E-state index contributed by atoms with van der Waals surface area (Å²) in [6.45, 7) is 5.84. The number of aryl methyl sites for hydroxylation is 3. The van der Waals surface area contributed by atoms with Crippen molar-refractivity contribution in [1.29, 1.82) is 0 Å². The van der Waals surface area contributed by atoms with Crippen LogP contribution in [0.1, 0.15) is 32.7 Å². The van der Waals surface area contributed by atoms with Crippen molar-refractivity contribution in [3.8, 4) is 0 Å². The molecule has 2 N–H and O–H groups in total. The van der Waals surface area contributed by atoms with Crippen molar-refractivity contribution in [2.45, 2.75) is 32.2 Å². The highest BCUT2D eigenvalue weighted by molar-refractivity contribution is 7.92. The fourth-order valence-corrected chi connectivity index (χ4v) is 3.97. The van der Waals surface area contributed by atoms with Crippen LogP contribution in [-0.4, -0.2) is 19.3 Å². The molecule has 0 aliphatic heterocycles. The first-order chi connectivity index (χ1) is 13.8. The van der Waals surface area contributed by atoms with E-state index in [9.17, 15) is 13.2 Å². The summed E-state index contributed by atoms with van der Waals surface area (Å²) in [5.74, 6) is -0.347. The van der Waals surface area contributed by atoms with Crippen LogP contribution in [0.15, 0.2) is 65.7 Å². The van der Waals surface area contributed by atoms with E-state index in [1.54, 1.807) is 37.4 Å². The zero-order valence-electron chi connectivity index (χ0n) is 16.6. The number of nitrogens with one attached hydrogen (secondary N) is 2. The minimum atomic E-state index is -3.82. The van der Waals surface area contributed by atoms with E-state index in [2.05, 4.69) is 15.0 Å². The molecule has 0 aliphatic rings. The van der Waals surface area contributed by atoms with E-state index >= 15 is 0 Å². The van der Waals surface area contributed by atoms with Gasteiger partial charge < -0.3 is 5.32 Å². The first-order valence-electron chi connectivity index (χ1n) is 9.15. The lowest BCUT2D eigenvalue weighted by Gasteiger charge is -2.12. The average Bonchev–Trinajstić information content (AvgIpc) is 2.67. The second kappa shape index (κ2) is 8.45. The predicted molar refractivity (Wildman–Crippen MR) is 113 cm³/mol. The van der Waals surface area contributed by atoms with E-state index in [4.69, 9.17) is 0 Å². The highest BCUT2D eigenvalue weighted by atomic mass is 32.2. The predicted octanol–water partition coefficient (Wildman–Crippen LogP) is 3.74. The summed E-state index contributed by atoms with van der Waals surface area (Å²) >= 11 is 0. The third-order valence-electron chi connectivity index (χ3n) is 4.57. The number of benzene rings is 2. The molecule has 0 saturated carbocycles. The van der Waals surface area contributed by atoms with Gasteiger partial charge in [-0.2, -0.15) is 0 Å². The monoisotopic (exact) mass is 409 g/mol. The normalized spacial score (nSPS) is 11.1. The van der Waals surface area contributed by atoms with Crippen molar-refractivity contribution in [2.24, 2.45) is 0 Å². The van der Waals surface area contributed by atoms with Gasteiger partial charge in [-0.15, -0.1) is 0 Å². The number of aromatic nitrogens is 1. The zero-order chi connectivity index (χ0) is 21.0. The van der Waals surface area contributed by atoms with Gasteiger partial charge in [0.15, 0.2) is 0 Å². The first-order valence-corrected chi connectivity index (χ1v) is 10.6. The fourth-order valence-electron chi connectivity index (χ4n) is 2.90. The van der Waals surface area contributed by atoms with Gasteiger partial charge in [0.1, 0.15) is 0 Å². The number of carbonyl (C=O) groups is 1. The Morgan fingerprint density at radius 3 is 2.48 bits per heavy atom. The quantitative estimate of drug-likeness (QED) is 0.649. The molecule has 3 aromatic rings. The van der Waals surface area contributed by atoms with Gasteiger partial charge >= 0.3 is 0 Å². The van der Waals surface area contributed by atoms with Gasteiger partial charge in [-0.05, 0) is 67.8 Å². The molecule has 7 heteroatoms. The molecule has 0 unspecified atom stereocenters. The molecular weight excluding hydrogens is 386 g/mol. The van der Waals surface area contributed by atoms with Crippen LogP contribution in [0, 0.1) is 20.8 Å². The van der Waals surface area contributed by atoms with Crippen LogP contribution in [0.25, 0.3) is 0 Å². The van der Waals surface area contributed by atoms with Gasteiger partial charge in [0.05, 0.1) is 17.1 Å². The number of hydrogen-bond acceptors (Lipinski definition) is 4. The summed E-state index contributed by atoms with van der Waals surface area (Å²) in [5.41, 5.74) is 4.16. The Morgan fingerprint density at radius 2 is 1.76 bits per heavy atom. The fraction of sp³-hybridized carbons (Fsp3) is 0.182. The van der Waals surface area contributed by atoms with E-state index in [0.717, 1.165) is 16.8 Å². The maximum atomic E-state index is 12.8. The molecule has 3 rings (SSSR count). The number of hydrogen-bond donors (Lipinski definition) is 2. The smallest absolute Gasteiger partial charge is 0.261 e. The minimum absolute atomic E-state index is 0.0313. The Bertz CT molecular complexity index is 1160. The molecule has 29 heavy (non-hydrogen) atoms. The number of anilines is 1. The Kier molecular flexibility index (Phi) is 5.98. The summed E-state index contributed by atoms with van der Waals surface area (Å²) in [6.07, 6.45) is 1.67. The molecule has 0 saturated heterocycles. The van der Waals surface area contributed by atoms with Crippen molar-refractivity contribution in [1.82, 2.24) is 10.3 Å². The molecule has 0 atom stereocenters. The van der Waals surface area contributed by atoms with Gasteiger partial charge in [-0.25, -0.2) is 8.42 Å². The molecule has 1 heterocycles. The van der Waals surface area contributed by atoms with Crippen molar-refractivity contribution >= 4 is 21.6 Å². The van der Waals surface area contributed by atoms with E-state index in [0.29, 0.717) is 16.8 Å². The van der Waals surface area contributed by atoms with Crippen LogP contribution in [0.5, 0.6) is 0 Å². The van der Waals surface area contributed by atoms with Crippen LogP contribution < -0.4 is 10.0 Å². The molecule has 1 amide bonds. The minimum Gasteiger partial charge on any atom is -0.346 e. The van der Waals surface area contributed by atoms with E-state index in [-0.39, 0.29) is 17.3 Å². The van der Waals surface area contributed by atoms with Gasteiger partial charge in [-0.1, -0.05) is 24.3 Å². The highest BCUT2D eigenvalue weighted by Gasteiger charge is 2.18. The van der Waals surface area contributed by atoms with Gasteiger partial charge in [0.2, 0.25) is 0 Å². The molecule has 1 aromatic heterocycles.